The van der Waals surface area contributed by atoms with Crippen LogP contribution in [0.2, 0.25) is 0 Å². The van der Waals surface area contributed by atoms with Gasteiger partial charge >= 0.3 is 0 Å². The summed E-state index contributed by atoms with van der Waals surface area (Å²) in [5.41, 5.74) is 7.27. The highest BCUT2D eigenvalue weighted by Gasteiger charge is 2.24. The van der Waals surface area contributed by atoms with E-state index in [9.17, 15) is 8.42 Å². The lowest BCUT2D eigenvalue weighted by Gasteiger charge is -2.14. The Morgan fingerprint density at radius 3 is 2.70 bits per heavy atom. The second-order valence-corrected chi connectivity index (χ2v) is 7.62. The van der Waals surface area contributed by atoms with Crippen molar-refractivity contribution in [3.05, 3.63) is 29.3 Å². The lowest BCUT2D eigenvalue weighted by molar-refractivity contribution is 0.498. The summed E-state index contributed by atoms with van der Waals surface area (Å²) < 4.78 is 27.6. The SMILES string of the molecule is Cc1c(CN)cccc1S(=O)(=O)NCC1CCC(C)C1. The molecule has 0 heterocycles. The molecule has 1 saturated carbocycles. The number of nitrogens with one attached hydrogen (secondary N) is 1. The van der Waals surface area contributed by atoms with Crippen molar-refractivity contribution in [1.82, 2.24) is 4.72 Å². The summed E-state index contributed by atoms with van der Waals surface area (Å²) in [5.74, 6) is 1.18. The Labute approximate surface area is 121 Å². The summed E-state index contributed by atoms with van der Waals surface area (Å²) in [6.07, 6.45) is 3.43. The highest BCUT2D eigenvalue weighted by atomic mass is 32.2. The maximum Gasteiger partial charge on any atom is 0.240 e. The number of rotatable bonds is 5. The van der Waals surface area contributed by atoms with Crippen molar-refractivity contribution in [3.63, 3.8) is 0 Å². The molecule has 2 rings (SSSR count). The van der Waals surface area contributed by atoms with Crippen LogP contribution in [-0.4, -0.2) is 15.0 Å². The minimum Gasteiger partial charge on any atom is -0.326 e. The average Bonchev–Trinajstić information content (AvgIpc) is 2.82. The normalized spacial score (nSPS) is 23.1. The molecule has 0 spiro atoms. The van der Waals surface area contributed by atoms with Crippen molar-refractivity contribution in [2.24, 2.45) is 17.6 Å². The Morgan fingerprint density at radius 2 is 2.10 bits per heavy atom. The zero-order valence-electron chi connectivity index (χ0n) is 12.2. The Kier molecular flexibility index (Phi) is 4.83. The van der Waals surface area contributed by atoms with E-state index in [1.807, 2.05) is 13.0 Å². The number of benzene rings is 1. The summed E-state index contributed by atoms with van der Waals surface area (Å²) in [6, 6.07) is 5.27. The lowest BCUT2D eigenvalue weighted by Crippen LogP contribution is -2.29. The molecule has 1 aromatic rings. The highest BCUT2D eigenvalue weighted by Crippen LogP contribution is 2.30. The van der Waals surface area contributed by atoms with Gasteiger partial charge in [-0.25, -0.2) is 13.1 Å². The van der Waals surface area contributed by atoms with Gasteiger partial charge in [0.15, 0.2) is 0 Å². The van der Waals surface area contributed by atoms with Crippen molar-refractivity contribution >= 4 is 10.0 Å². The third kappa shape index (κ3) is 3.40. The van der Waals surface area contributed by atoms with E-state index in [1.165, 1.54) is 6.42 Å². The van der Waals surface area contributed by atoms with Crippen LogP contribution >= 0.6 is 0 Å². The molecule has 1 aliphatic carbocycles. The molecular formula is C15H24N2O2S. The maximum absolute atomic E-state index is 12.4. The maximum atomic E-state index is 12.4. The number of sulfonamides is 1. The first-order valence-corrected chi connectivity index (χ1v) is 8.70. The zero-order valence-corrected chi connectivity index (χ0v) is 13.0. The second kappa shape index (κ2) is 6.24. The predicted octanol–water partition coefficient (Wildman–Crippen LogP) is 2.17. The smallest absolute Gasteiger partial charge is 0.240 e. The summed E-state index contributed by atoms with van der Waals surface area (Å²) in [5, 5.41) is 0. The van der Waals surface area contributed by atoms with E-state index < -0.39 is 10.0 Å². The monoisotopic (exact) mass is 296 g/mol. The van der Waals surface area contributed by atoms with Crippen molar-refractivity contribution < 1.29 is 8.42 Å². The molecule has 0 aliphatic heterocycles. The van der Waals surface area contributed by atoms with Crippen molar-refractivity contribution in [3.8, 4) is 0 Å². The summed E-state index contributed by atoms with van der Waals surface area (Å²) in [6.45, 7) is 4.94. The van der Waals surface area contributed by atoms with Gasteiger partial charge in [-0.3, -0.25) is 0 Å². The summed E-state index contributed by atoms with van der Waals surface area (Å²) in [4.78, 5) is 0.353. The molecule has 0 aromatic heterocycles. The molecule has 3 N–H and O–H groups in total. The van der Waals surface area contributed by atoms with Crippen LogP contribution in [0.5, 0.6) is 0 Å². The fourth-order valence-corrected chi connectivity index (χ4v) is 4.39. The third-order valence-electron chi connectivity index (χ3n) is 4.27. The lowest BCUT2D eigenvalue weighted by atomic mass is 10.1. The minimum atomic E-state index is -3.43. The Balaban J connectivity index is 2.10. The van der Waals surface area contributed by atoms with Gasteiger partial charge in [0.05, 0.1) is 4.90 Å². The molecule has 1 fully saturated rings. The molecule has 0 amide bonds. The predicted molar refractivity (Wildman–Crippen MR) is 80.8 cm³/mol. The van der Waals surface area contributed by atoms with Crippen molar-refractivity contribution in [2.45, 2.75) is 44.6 Å². The molecular weight excluding hydrogens is 272 g/mol. The zero-order chi connectivity index (χ0) is 14.8. The molecule has 0 radical (unpaired) electrons. The molecule has 0 bridgehead atoms. The van der Waals surface area contributed by atoms with E-state index in [2.05, 4.69) is 11.6 Å². The van der Waals surface area contributed by atoms with Gasteiger partial charge in [0.1, 0.15) is 0 Å². The Hall–Kier alpha value is -0.910. The number of nitrogens with two attached hydrogens (primary N) is 1. The van der Waals surface area contributed by atoms with E-state index >= 15 is 0 Å². The molecule has 1 aromatic carbocycles. The molecule has 1 aliphatic rings. The highest BCUT2D eigenvalue weighted by molar-refractivity contribution is 7.89. The quantitative estimate of drug-likeness (QED) is 0.874. The van der Waals surface area contributed by atoms with Crippen LogP contribution in [0, 0.1) is 18.8 Å². The van der Waals surface area contributed by atoms with Crippen molar-refractivity contribution in [1.29, 1.82) is 0 Å². The first kappa shape index (κ1) is 15.5. The summed E-state index contributed by atoms with van der Waals surface area (Å²) in [7, 11) is -3.43. The van der Waals surface area contributed by atoms with Gasteiger partial charge in [0, 0.05) is 13.1 Å². The Bertz CT molecular complexity index is 569. The van der Waals surface area contributed by atoms with Gasteiger partial charge in [-0.2, -0.15) is 0 Å². The average molecular weight is 296 g/mol. The van der Waals surface area contributed by atoms with E-state index in [4.69, 9.17) is 5.73 Å². The van der Waals surface area contributed by atoms with E-state index in [1.54, 1.807) is 12.1 Å². The van der Waals surface area contributed by atoms with Crippen LogP contribution in [0.15, 0.2) is 23.1 Å². The van der Waals surface area contributed by atoms with Gasteiger partial charge in [-0.1, -0.05) is 25.5 Å². The standard InChI is InChI=1S/C15H24N2O2S/c1-11-6-7-13(8-11)10-17-20(18,19)15-5-3-4-14(9-16)12(15)2/h3-5,11,13,17H,6-10,16H2,1-2H3. The van der Waals surface area contributed by atoms with E-state index in [0.717, 1.165) is 24.0 Å². The first-order valence-electron chi connectivity index (χ1n) is 7.22. The molecule has 20 heavy (non-hydrogen) atoms. The molecule has 2 unspecified atom stereocenters. The van der Waals surface area contributed by atoms with Crippen LogP contribution in [-0.2, 0) is 16.6 Å². The summed E-state index contributed by atoms with van der Waals surface area (Å²) >= 11 is 0. The van der Waals surface area contributed by atoms with Crippen LogP contribution in [0.1, 0.15) is 37.3 Å². The molecule has 4 nitrogen and oxygen atoms in total. The molecule has 112 valence electrons. The fraction of sp³-hybridized carbons (Fsp3) is 0.600. The van der Waals surface area contributed by atoms with Gasteiger partial charge in [0.25, 0.3) is 0 Å². The third-order valence-corrected chi connectivity index (χ3v) is 5.84. The largest absolute Gasteiger partial charge is 0.326 e. The topological polar surface area (TPSA) is 72.2 Å². The second-order valence-electron chi connectivity index (χ2n) is 5.88. The van der Waals surface area contributed by atoms with Crippen LogP contribution in [0.3, 0.4) is 0 Å². The van der Waals surface area contributed by atoms with Crippen molar-refractivity contribution in [2.75, 3.05) is 6.54 Å². The van der Waals surface area contributed by atoms with E-state index in [0.29, 0.717) is 29.8 Å². The Morgan fingerprint density at radius 1 is 1.35 bits per heavy atom. The van der Waals surface area contributed by atoms with Gasteiger partial charge in [-0.05, 0) is 48.8 Å². The van der Waals surface area contributed by atoms with Crippen LogP contribution in [0.25, 0.3) is 0 Å². The fourth-order valence-electron chi connectivity index (χ4n) is 2.99. The first-order chi connectivity index (χ1) is 9.44. The van der Waals surface area contributed by atoms with Gasteiger partial charge < -0.3 is 5.73 Å². The molecule has 5 heteroatoms. The molecule has 2 atom stereocenters. The number of hydrogen-bond acceptors (Lipinski definition) is 3. The van der Waals surface area contributed by atoms with Crippen LogP contribution in [0.4, 0.5) is 0 Å². The van der Waals surface area contributed by atoms with Gasteiger partial charge in [0.2, 0.25) is 10.0 Å². The number of hydrogen-bond donors (Lipinski definition) is 2. The van der Waals surface area contributed by atoms with E-state index in [-0.39, 0.29) is 0 Å². The van der Waals surface area contributed by atoms with Gasteiger partial charge in [-0.15, -0.1) is 0 Å². The van der Waals surface area contributed by atoms with Crippen LogP contribution < -0.4 is 10.5 Å². The minimum absolute atomic E-state index is 0.353. The molecule has 0 saturated heterocycles.